The van der Waals surface area contributed by atoms with E-state index in [1.807, 2.05) is 0 Å². The van der Waals surface area contributed by atoms with Crippen molar-refractivity contribution in [3.8, 4) is 0 Å². The number of carbonyl (C=O) groups excluding carboxylic acids is 1. The van der Waals surface area contributed by atoms with E-state index in [1.54, 1.807) is 14.0 Å². The van der Waals surface area contributed by atoms with E-state index < -0.39 is 0 Å². The molecule has 1 amide bonds. The molecule has 0 atom stereocenters. The fourth-order valence-electron chi connectivity index (χ4n) is 0.997. The van der Waals surface area contributed by atoms with Crippen molar-refractivity contribution >= 4 is 5.91 Å². The molecule has 0 aliphatic heterocycles. The number of amides is 1. The minimum atomic E-state index is -0.0816. The van der Waals surface area contributed by atoms with Gasteiger partial charge in [0.05, 0.1) is 18.7 Å². The van der Waals surface area contributed by atoms with Crippen molar-refractivity contribution in [2.75, 3.05) is 20.3 Å². The summed E-state index contributed by atoms with van der Waals surface area (Å²) < 4.78 is 9.84. The van der Waals surface area contributed by atoms with Gasteiger partial charge in [-0.25, -0.2) is 4.98 Å². The largest absolute Gasteiger partial charge is 0.448 e. The highest BCUT2D eigenvalue weighted by Gasteiger charge is 2.08. The van der Waals surface area contributed by atoms with Crippen molar-refractivity contribution in [1.82, 2.24) is 10.3 Å². The van der Waals surface area contributed by atoms with Crippen LogP contribution in [0.25, 0.3) is 0 Å². The molecule has 1 heterocycles. The Bertz CT molecular complexity index is 296. The number of rotatable bonds is 5. The third kappa shape index (κ3) is 3.18. The van der Waals surface area contributed by atoms with Crippen molar-refractivity contribution in [2.24, 2.45) is 0 Å². The summed E-state index contributed by atoms with van der Waals surface area (Å²) in [5.74, 6) is 0.529. The number of aromatic nitrogens is 1. The van der Waals surface area contributed by atoms with Crippen LogP contribution in [0.1, 0.15) is 11.5 Å². The zero-order valence-corrected chi connectivity index (χ0v) is 8.37. The molecule has 0 aromatic carbocycles. The minimum Gasteiger partial charge on any atom is -0.448 e. The van der Waals surface area contributed by atoms with Gasteiger partial charge in [-0.15, -0.1) is 0 Å². The number of ether oxygens (including phenoxy) is 1. The van der Waals surface area contributed by atoms with Gasteiger partial charge < -0.3 is 14.5 Å². The predicted molar refractivity (Wildman–Crippen MR) is 49.8 cm³/mol. The molecule has 14 heavy (non-hydrogen) atoms. The van der Waals surface area contributed by atoms with Crippen molar-refractivity contribution in [3.63, 3.8) is 0 Å². The summed E-state index contributed by atoms with van der Waals surface area (Å²) in [6.07, 6.45) is 1.57. The highest BCUT2D eigenvalue weighted by molar-refractivity contribution is 5.78. The van der Waals surface area contributed by atoms with Crippen LogP contribution in [-0.4, -0.2) is 31.2 Å². The molecular weight excluding hydrogens is 184 g/mol. The highest BCUT2D eigenvalue weighted by atomic mass is 16.5. The Labute approximate surface area is 82.5 Å². The second-order valence-electron chi connectivity index (χ2n) is 2.88. The van der Waals surface area contributed by atoms with Gasteiger partial charge in [0, 0.05) is 13.7 Å². The number of oxazole rings is 1. The van der Waals surface area contributed by atoms with Crippen molar-refractivity contribution < 1.29 is 13.9 Å². The van der Waals surface area contributed by atoms with Crippen molar-refractivity contribution in [3.05, 3.63) is 17.8 Å². The van der Waals surface area contributed by atoms with E-state index in [0.717, 1.165) is 5.69 Å². The standard InChI is InChI=1S/C9H14N2O3/c1-7-8(14-6-11-7)5-9(12)10-3-4-13-2/h6H,3-5H2,1-2H3,(H,10,12). The Balaban J connectivity index is 2.31. The lowest BCUT2D eigenvalue weighted by molar-refractivity contribution is -0.120. The van der Waals surface area contributed by atoms with E-state index in [4.69, 9.17) is 9.15 Å². The SMILES string of the molecule is COCCNC(=O)Cc1ocnc1C. The third-order valence-electron chi connectivity index (χ3n) is 1.79. The van der Waals surface area contributed by atoms with E-state index in [2.05, 4.69) is 10.3 Å². The lowest BCUT2D eigenvalue weighted by Gasteiger charge is -2.02. The van der Waals surface area contributed by atoms with Crippen LogP contribution in [0.4, 0.5) is 0 Å². The molecule has 5 heteroatoms. The molecule has 0 aliphatic carbocycles. The summed E-state index contributed by atoms with van der Waals surface area (Å²) in [7, 11) is 1.59. The molecule has 1 rings (SSSR count). The van der Waals surface area contributed by atoms with Crippen LogP contribution in [0.5, 0.6) is 0 Å². The summed E-state index contributed by atoms with van der Waals surface area (Å²) in [5.41, 5.74) is 0.756. The molecule has 1 aromatic rings. The zero-order chi connectivity index (χ0) is 10.4. The quantitative estimate of drug-likeness (QED) is 0.690. The smallest absolute Gasteiger partial charge is 0.227 e. The van der Waals surface area contributed by atoms with Crippen molar-refractivity contribution in [2.45, 2.75) is 13.3 Å². The topological polar surface area (TPSA) is 64.4 Å². The second-order valence-corrected chi connectivity index (χ2v) is 2.88. The van der Waals surface area contributed by atoms with Gasteiger partial charge in [0.2, 0.25) is 5.91 Å². The number of nitrogens with zero attached hydrogens (tertiary/aromatic N) is 1. The van der Waals surface area contributed by atoms with Crippen LogP contribution in [0.3, 0.4) is 0 Å². The van der Waals surface area contributed by atoms with Crippen LogP contribution >= 0.6 is 0 Å². The number of hydrogen-bond donors (Lipinski definition) is 1. The first kappa shape index (κ1) is 10.7. The highest BCUT2D eigenvalue weighted by Crippen LogP contribution is 2.04. The van der Waals surface area contributed by atoms with Crippen molar-refractivity contribution in [1.29, 1.82) is 0 Å². The number of carbonyl (C=O) groups is 1. The molecular formula is C9H14N2O3. The monoisotopic (exact) mass is 198 g/mol. The molecule has 0 spiro atoms. The maximum atomic E-state index is 11.3. The maximum Gasteiger partial charge on any atom is 0.227 e. The summed E-state index contributed by atoms with van der Waals surface area (Å²) in [5, 5.41) is 2.70. The molecule has 0 fully saturated rings. The maximum absolute atomic E-state index is 11.3. The van der Waals surface area contributed by atoms with E-state index in [-0.39, 0.29) is 12.3 Å². The van der Waals surface area contributed by atoms with Gasteiger partial charge in [0.15, 0.2) is 6.39 Å². The summed E-state index contributed by atoms with van der Waals surface area (Å²) in [6, 6.07) is 0. The summed E-state index contributed by atoms with van der Waals surface area (Å²) in [6.45, 7) is 2.84. The first-order valence-corrected chi connectivity index (χ1v) is 4.38. The molecule has 1 aromatic heterocycles. The lowest BCUT2D eigenvalue weighted by atomic mass is 10.2. The van der Waals surface area contributed by atoms with E-state index in [9.17, 15) is 4.79 Å². The van der Waals surface area contributed by atoms with E-state index in [0.29, 0.717) is 18.9 Å². The van der Waals surface area contributed by atoms with Gasteiger partial charge in [-0.05, 0) is 6.92 Å². The first-order valence-electron chi connectivity index (χ1n) is 4.38. The van der Waals surface area contributed by atoms with Gasteiger partial charge in [-0.3, -0.25) is 4.79 Å². The number of nitrogens with one attached hydrogen (secondary N) is 1. The Kier molecular flexibility index (Phi) is 4.12. The van der Waals surface area contributed by atoms with Crippen LogP contribution in [-0.2, 0) is 16.0 Å². The predicted octanol–water partition coefficient (Wildman–Crippen LogP) is 0.288. The molecule has 0 bridgehead atoms. The first-order chi connectivity index (χ1) is 6.74. The van der Waals surface area contributed by atoms with Gasteiger partial charge in [-0.2, -0.15) is 0 Å². The second kappa shape index (κ2) is 5.39. The molecule has 0 saturated carbocycles. The zero-order valence-electron chi connectivity index (χ0n) is 8.37. The van der Waals surface area contributed by atoms with Crippen LogP contribution in [0.2, 0.25) is 0 Å². The number of aryl methyl sites for hydroxylation is 1. The molecule has 0 aliphatic rings. The Hall–Kier alpha value is -1.36. The summed E-state index contributed by atoms with van der Waals surface area (Å²) in [4.78, 5) is 15.2. The van der Waals surface area contributed by atoms with Gasteiger partial charge in [0.1, 0.15) is 5.76 Å². The molecule has 78 valence electrons. The van der Waals surface area contributed by atoms with Crippen LogP contribution in [0.15, 0.2) is 10.8 Å². The minimum absolute atomic E-state index is 0.0816. The Morgan fingerprint density at radius 3 is 3.07 bits per heavy atom. The molecule has 0 radical (unpaired) electrons. The van der Waals surface area contributed by atoms with E-state index in [1.165, 1.54) is 6.39 Å². The number of methoxy groups -OCH3 is 1. The van der Waals surface area contributed by atoms with Gasteiger partial charge in [0.25, 0.3) is 0 Å². The average molecular weight is 198 g/mol. The summed E-state index contributed by atoms with van der Waals surface area (Å²) >= 11 is 0. The normalized spacial score (nSPS) is 10.1. The van der Waals surface area contributed by atoms with Gasteiger partial charge >= 0.3 is 0 Å². The van der Waals surface area contributed by atoms with E-state index >= 15 is 0 Å². The fraction of sp³-hybridized carbons (Fsp3) is 0.556. The van der Waals surface area contributed by atoms with Gasteiger partial charge in [-0.1, -0.05) is 0 Å². The third-order valence-corrected chi connectivity index (χ3v) is 1.79. The molecule has 0 saturated heterocycles. The molecule has 5 nitrogen and oxygen atoms in total. The molecule has 1 N–H and O–H groups in total. The average Bonchev–Trinajstić information content (AvgIpc) is 2.52. The Morgan fingerprint density at radius 1 is 1.71 bits per heavy atom. The van der Waals surface area contributed by atoms with Crippen LogP contribution in [0, 0.1) is 6.92 Å². The lowest BCUT2D eigenvalue weighted by Crippen LogP contribution is -2.28. The molecule has 0 unspecified atom stereocenters. The Morgan fingerprint density at radius 2 is 2.50 bits per heavy atom. The number of hydrogen-bond acceptors (Lipinski definition) is 4. The van der Waals surface area contributed by atoms with Crippen LogP contribution < -0.4 is 5.32 Å². The fourth-order valence-corrected chi connectivity index (χ4v) is 0.997.